The number of benzene rings is 1. The van der Waals surface area contributed by atoms with Crippen molar-refractivity contribution in [1.82, 2.24) is 9.88 Å². The number of morpholine rings is 1. The van der Waals surface area contributed by atoms with Crippen molar-refractivity contribution in [2.24, 2.45) is 0 Å². The number of H-pyrrole nitrogens is 1. The Morgan fingerprint density at radius 2 is 2.17 bits per heavy atom. The van der Waals surface area contributed by atoms with E-state index in [-0.39, 0.29) is 12.2 Å². The van der Waals surface area contributed by atoms with Crippen molar-refractivity contribution in [3.05, 3.63) is 30.0 Å². The molecule has 0 saturated carbocycles. The molecule has 0 radical (unpaired) electrons. The molecule has 0 bridgehead atoms. The lowest BCUT2D eigenvalue weighted by Crippen LogP contribution is -2.37. The van der Waals surface area contributed by atoms with Gasteiger partial charge in [-0.2, -0.15) is 5.26 Å². The van der Waals surface area contributed by atoms with Crippen LogP contribution in [0.2, 0.25) is 0 Å². The van der Waals surface area contributed by atoms with Crippen molar-refractivity contribution in [3.63, 3.8) is 0 Å². The molecule has 2 aromatic rings. The molecule has 3 rings (SSSR count). The Morgan fingerprint density at radius 3 is 2.96 bits per heavy atom. The third kappa shape index (κ3) is 4.13. The molecule has 0 aliphatic carbocycles. The Labute approximate surface area is 141 Å². The molecule has 1 fully saturated rings. The van der Waals surface area contributed by atoms with Gasteiger partial charge in [-0.05, 0) is 30.7 Å². The van der Waals surface area contributed by atoms with E-state index in [1.54, 1.807) is 6.07 Å². The fraction of sp³-hybridized carbons (Fsp3) is 0.444. The zero-order valence-corrected chi connectivity index (χ0v) is 13.6. The second-order valence-electron chi connectivity index (χ2n) is 5.85. The van der Waals surface area contributed by atoms with Gasteiger partial charge in [0.15, 0.2) is 5.78 Å². The number of rotatable bonds is 7. The first-order valence-corrected chi connectivity index (χ1v) is 8.22. The number of nitriles is 1. The van der Waals surface area contributed by atoms with Gasteiger partial charge in [-0.25, -0.2) is 0 Å². The van der Waals surface area contributed by atoms with E-state index in [1.165, 1.54) is 0 Å². The summed E-state index contributed by atoms with van der Waals surface area (Å²) in [4.78, 5) is 17.2. The molecule has 6 heteroatoms. The van der Waals surface area contributed by atoms with Crippen molar-refractivity contribution < 1.29 is 14.3 Å². The summed E-state index contributed by atoms with van der Waals surface area (Å²) in [6.45, 7) is 5.30. The van der Waals surface area contributed by atoms with Crippen molar-refractivity contribution >= 4 is 16.7 Å². The van der Waals surface area contributed by atoms with Gasteiger partial charge in [-0.1, -0.05) is 0 Å². The van der Waals surface area contributed by atoms with Crippen LogP contribution in [0.5, 0.6) is 5.75 Å². The summed E-state index contributed by atoms with van der Waals surface area (Å²) in [5.74, 6) is 0.601. The summed E-state index contributed by atoms with van der Waals surface area (Å²) in [7, 11) is 0. The van der Waals surface area contributed by atoms with E-state index in [0.29, 0.717) is 12.3 Å². The standard InChI is InChI=1S/C18H21N3O3/c19-5-4-18(22)17-13-14-12-15(2-3-16(14)20-17)24-9-1-6-21-7-10-23-11-8-21/h2-3,12-13,20H,1,4,6-11H2. The molecule has 1 aliphatic rings. The van der Waals surface area contributed by atoms with Gasteiger partial charge in [-0.3, -0.25) is 9.69 Å². The second-order valence-corrected chi connectivity index (χ2v) is 5.85. The van der Waals surface area contributed by atoms with Crippen LogP contribution in [0.1, 0.15) is 23.3 Å². The third-order valence-corrected chi connectivity index (χ3v) is 4.12. The number of ketones is 1. The molecule has 126 valence electrons. The number of hydrogen-bond acceptors (Lipinski definition) is 5. The molecular weight excluding hydrogens is 306 g/mol. The van der Waals surface area contributed by atoms with Crippen molar-refractivity contribution in [3.8, 4) is 11.8 Å². The molecule has 1 N–H and O–H groups in total. The van der Waals surface area contributed by atoms with E-state index in [4.69, 9.17) is 14.7 Å². The van der Waals surface area contributed by atoms with Crippen LogP contribution in [0.4, 0.5) is 0 Å². The van der Waals surface area contributed by atoms with Gasteiger partial charge in [0.05, 0.1) is 31.6 Å². The minimum absolute atomic E-state index is 0.113. The van der Waals surface area contributed by atoms with E-state index >= 15 is 0 Å². The monoisotopic (exact) mass is 327 g/mol. The van der Waals surface area contributed by atoms with Gasteiger partial charge < -0.3 is 14.5 Å². The Bertz CT molecular complexity index is 742. The molecule has 1 aromatic carbocycles. The third-order valence-electron chi connectivity index (χ3n) is 4.12. The van der Waals surface area contributed by atoms with Crippen molar-refractivity contribution in [2.75, 3.05) is 39.5 Å². The van der Waals surface area contributed by atoms with E-state index in [1.807, 2.05) is 24.3 Å². The number of ether oxygens (including phenoxy) is 2. The molecule has 0 unspecified atom stereocenters. The zero-order valence-electron chi connectivity index (χ0n) is 13.6. The predicted octanol–water partition coefficient (Wildman–Crippen LogP) is 2.37. The lowest BCUT2D eigenvalue weighted by Gasteiger charge is -2.26. The first-order valence-electron chi connectivity index (χ1n) is 8.22. The van der Waals surface area contributed by atoms with Crippen LogP contribution in [-0.2, 0) is 4.74 Å². The Kier molecular flexibility index (Phi) is 5.47. The number of aromatic amines is 1. The average Bonchev–Trinajstić information content (AvgIpc) is 3.03. The van der Waals surface area contributed by atoms with E-state index in [0.717, 1.165) is 55.9 Å². The topological polar surface area (TPSA) is 78.3 Å². The van der Waals surface area contributed by atoms with Gasteiger partial charge in [0.25, 0.3) is 0 Å². The summed E-state index contributed by atoms with van der Waals surface area (Å²) in [5.41, 5.74) is 1.34. The summed E-state index contributed by atoms with van der Waals surface area (Å²) in [6.07, 6.45) is 0.856. The highest BCUT2D eigenvalue weighted by molar-refractivity contribution is 6.00. The van der Waals surface area contributed by atoms with Gasteiger partial charge in [0.1, 0.15) is 12.2 Å². The Morgan fingerprint density at radius 1 is 1.33 bits per heavy atom. The fourth-order valence-corrected chi connectivity index (χ4v) is 2.82. The maximum Gasteiger partial charge on any atom is 0.193 e. The number of Topliss-reactive ketones (excluding diaryl/α,β-unsaturated/α-hetero) is 1. The fourth-order valence-electron chi connectivity index (χ4n) is 2.82. The van der Waals surface area contributed by atoms with Gasteiger partial charge in [0, 0.05) is 30.5 Å². The molecule has 0 spiro atoms. The number of carbonyl (C=O) groups is 1. The molecule has 2 heterocycles. The maximum absolute atomic E-state index is 11.8. The van der Waals surface area contributed by atoms with Crippen molar-refractivity contribution in [1.29, 1.82) is 5.26 Å². The highest BCUT2D eigenvalue weighted by Gasteiger charge is 2.11. The van der Waals surface area contributed by atoms with Gasteiger partial charge >= 0.3 is 0 Å². The molecule has 1 aliphatic heterocycles. The van der Waals surface area contributed by atoms with Crippen LogP contribution < -0.4 is 4.74 Å². The predicted molar refractivity (Wildman–Crippen MR) is 90.2 cm³/mol. The van der Waals surface area contributed by atoms with Crippen LogP contribution in [0.25, 0.3) is 10.9 Å². The van der Waals surface area contributed by atoms with Crippen LogP contribution >= 0.6 is 0 Å². The minimum atomic E-state index is -0.193. The number of aromatic nitrogens is 1. The maximum atomic E-state index is 11.8. The first kappa shape index (κ1) is 16.5. The lowest BCUT2D eigenvalue weighted by molar-refractivity contribution is 0.0358. The molecule has 6 nitrogen and oxygen atoms in total. The van der Waals surface area contributed by atoms with Crippen LogP contribution in [0, 0.1) is 11.3 Å². The molecule has 24 heavy (non-hydrogen) atoms. The molecule has 0 atom stereocenters. The van der Waals surface area contributed by atoms with Crippen molar-refractivity contribution in [2.45, 2.75) is 12.8 Å². The summed E-state index contributed by atoms with van der Waals surface area (Å²) >= 11 is 0. The normalized spacial score (nSPS) is 15.3. The first-order chi connectivity index (χ1) is 11.8. The number of fused-ring (bicyclic) bond motifs is 1. The van der Waals surface area contributed by atoms with Crippen LogP contribution in [-0.4, -0.2) is 55.1 Å². The highest BCUT2D eigenvalue weighted by atomic mass is 16.5. The molecule has 1 aromatic heterocycles. The quantitative estimate of drug-likeness (QED) is 0.624. The summed E-state index contributed by atoms with van der Waals surface area (Å²) < 4.78 is 11.1. The second kappa shape index (κ2) is 7.95. The highest BCUT2D eigenvalue weighted by Crippen LogP contribution is 2.22. The smallest absolute Gasteiger partial charge is 0.193 e. The number of carbonyl (C=O) groups excluding carboxylic acids is 1. The number of nitrogens with one attached hydrogen (secondary N) is 1. The van der Waals surface area contributed by atoms with Gasteiger partial charge in [0.2, 0.25) is 0 Å². The van der Waals surface area contributed by atoms with Crippen LogP contribution in [0.3, 0.4) is 0 Å². The lowest BCUT2D eigenvalue weighted by atomic mass is 10.2. The Hall–Kier alpha value is -2.36. The van der Waals surface area contributed by atoms with E-state index < -0.39 is 0 Å². The van der Waals surface area contributed by atoms with Gasteiger partial charge in [-0.15, -0.1) is 0 Å². The molecular formula is C18H21N3O3. The number of hydrogen-bond donors (Lipinski definition) is 1. The minimum Gasteiger partial charge on any atom is -0.494 e. The SMILES string of the molecule is N#CCC(=O)c1cc2cc(OCCCN3CCOCC3)ccc2[nH]1. The summed E-state index contributed by atoms with van der Waals surface area (Å²) in [5, 5.41) is 9.54. The summed E-state index contributed by atoms with van der Waals surface area (Å²) in [6, 6.07) is 9.36. The molecule has 1 saturated heterocycles. The zero-order chi connectivity index (χ0) is 16.8. The van der Waals surface area contributed by atoms with E-state index in [9.17, 15) is 4.79 Å². The molecule has 0 amide bonds. The largest absolute Gasteiger partial charge is 0.494 e. The van der Waals surface area contributed by atoms with E-state index in [2.05, 4.69) is 9.88 Å². The Balaban J connectivity index is 1.53. The average molecular weight is 327 g/mol. The number of nitrogens with zero attached hydrogens (tertiary/aromatic N) is 2. The van der Waals surface area contributed by atoms with Crippen LogP contribution in [0.15, 0.2) is 24.3 Å².